The maximum Gasteiger partial charge on any atom is 0.0454 e. The highest BCUT2D eigenvalue weighted by molar-refractivity contribution is 5.73. The van der Waals surface area contributed by atoms with Gasteiger partial charge < -0.3 is 0 Å². The lowest BCUT2D eigenvalue weighted by Crippen LogP contribution is -2.15. The third-order valence-electron chi connectivity index (χ3n) is 2.51. The van der Waals surface area contributed by atoms with E-state index in [4.69, 9.17) is 0 Å². The highest BCUT2D eigenvalue weighted by Crippen LogP contribution is 2.30. The average Bonchev–Trinajstić information content (AvgIpc) is 2.05. The molecule has 1 aliphatic carbocycles. The fourth-order valence-corrected chi connectivity index (χ4v) is 1.87. The van der Waals surface area contributed by atoms with Crippen LogP contribution in [0.2, 0.25) is 0 Å². The molecule has 1 saturated carbocycles. The maximum atomic E-state index is 4.26. The summed E-state index contributed by atoms with van der Waals surface area (Å²) in [6.45, 7) is 1.06. The van der Waals surface area contributed by atoms with Crippen LogP contribution in [0.3, 0.4) is 0 Å². The van der Waals surface area contributed by atoms with Crippen molar-refractivity contribution in [2.75, 3.05) is 6.54 Å². The topological polar surface area (TPSA) is 12.4 Å². The summed E-state index contributed by atoms with van der Waals surface area (Å²) in [4.78, 5) is 4.26. The van der Waals surface area contributed by atoms with Crippen molar-refractivity contribution in [3.8, 4) is 0 Å². The number of allylic oxidation sites excluding steroid dienone is 1. The highest BCUT2D eigenvalue weighted by atomic mass is 14.7. The first-order chi connectivity index (χ1) is 4.97. The lowest BCUT2D eigenvalue weighted by molar-refractivity contribution is 0.459. The van der Waals surface area contributed by atoms with Gasteiger partial charge in [0.1, 0.15) is 0 Å². The first kappa shape index (κ1) is 6.14. The highest BCUT2D eigenvalue weighted by Gasteiger charge is 2.18. The third-order valence-corrected chi connectivity index (χ3v) is 2.51. The lowest BCUT2D eigenvalue weighted by atomic mass is 9.83. The summed E-state index contributed by atoms with van der Waals surface area (Å²) < 4.78 is 0. The number of fused-ring (bicyclic) bond motifs is 1. The molecular weight excluding hydrogens is 122 g/mol. The van der Waals surface area contributed by atoms with Gasteiger partial charge in [0.2, 0.25) is 0 Å². The van der Waals surface area contributed by atoms with Gasteiger partial charge >= 0.3 is 0 Å². The van der Waals surface area contributed by atoms with Gasteiger partial charge in [-0.05, 0) is 31.3 Å². The second-order valence-corrected chi connectivity index (χ2v) is 3.20. The fourth-order valence-electron chi connectivity index (χ4n) is 1.87. The minimum absolute atomic E-state index is 0.818. The van der Waals surface area contributed by atoms with Crippen molar-refractivity contribution >= 4 is 6.21 Å². The van der Waals surface area contributed by atoms with Crippen LogP contribution in [0.1, 0.15) is 25.7 Å². The van der Waals surface area contributed by atoms with Crippen molar-refractivity contribution in [2.24, 2.45) is 10.9 Å². The van der Waals surface area contributed by atoms with Crippen molar-refractivity contribution in [2.45, 2.75) is 25.7 Å². The number of dihydropyridines is 1. The number of nitrogens with zero attached hydrogens (tertiary/aromatic N) is 1. The Morgan fingerprint density at radius 3 is 3.30 bits per heavy atom. The number of aliphatic imine (C=N–C) groups is 1. The number of hydrogen-bond acceptors (Lipinski definition) is 1. The van der Waals surface area contributed by atoms with Crippen LogP contribution in [0.25, 0.3) is 0 Å². The monoisotopic (exact) mass is 135 g/mol. The molecule has 0 amide bonds. The SMILES string of the molecule is C1=NCC2CCCCC2=C1. The van der Waals surface area contributed by atoms with Crippen molar-refractivity contribution in [1.82, 2.24) is 0 Å². The lowest BCUT2D eigenvalue weighted by Gasteiger charge is -2.25. The van der Waals surface area contributed by atoms with Crippen LogP contribution in [-0.2, 0) is 0 Å². The van der Waals surface area contributed by atoms with Gasteiger partial charge in [0.05, 0.1) is 0 Å². The second-order valence-electron chi connectivity index (χ2n) is 3.20. The van der Waals surface area contributed by atoms with Gasteiger partial charge in [-0.3, -0.25) is 4.99 Å². The van der Waals surface area contributed by atoms with E-state index < -0.39 is 0 Å². The Bertz CT molecular complexity index is 179. The van der Waals surface area contributed by atoms with Crippen LogP contribution in [-0.4, -0.2) is 12.8 Å². The van der Waals surface area contributed by atoms with Crippen molar-refractivity contribution in [3.05, 3.63) is 11.6 Å². The summed E-state index contributed by atoms with van der Waals surface area (Å²) in [5.74, 6) is 0.818. The van der Waals surface area contributed by atoms with Crippen LogP contribution < -0.4 is 0 Å². The predicted molar refractivity (Wildman–Crippen MR) is 43.4 cm³/mol. The van der Waals surface area contributed by atoms with Crippen LogP contribution in [0.4, 0.5) is 0 Å². The molecular formula is C9H13N. The molecule has 2 rings (SSSR count). The summed E-state index contributed by atoms with van der Waals surface area (Å²) in [6.07, 6.45) is 9.71. The normalized spacial score (nSPS) is 31.2. The summed E-state index contributed by atoms with van der Waals surface area (Å²) >= 11 is 0. The van der Waals surface area contributed by atoms with Gasteiger partial charge in [0, 0.05) is 12.8 Å². The van der Waals surface area contributed by atoms with Crippen LogP contribution in [0.15, 0.2) is 16.6 Å². The first-order valence-corrected chi connectivity index (χ1v) is 4.16. The van der Waals surface area contributed by atoms with Gasteiger partial charge in [-0.2, -0.15) is 0 Å². The van der Waals surface area contributed by atoms with Gasteiger partial charge in [0.15, 0.2) is 0 Å². The molecule has 0 aromatic rings. The molecule has 1 fully saturated rings. The molecule has 10 heavy (non-hydrogen) atoms. The van der Waals surface area contributed by atoms with E-state index in [1.165, 1.54) is 25.7 Å². The summed E-state index contributed by atoms with van der Waals surface area (Å²) in [7, 11) is 0. The quantitative estimate of drug-likeness (QED) is 0.483. The largest absolute Gasteiger partial charge is 0.293 e. The molecule has 0 aromatic carbocycles. The van der Waals surface area contributed by atoms with E-state index in [-0.39, 0.29) is 0 Å². The Hall–Kier alpha value is -0.590. The van der Waals surface area contributed by atoms with Crippen LogP contribution in [0.5, 0.6) is 0 Å². The first-order valence-electron chi connectivity index (χ1n) is 4.16. The van der Waals surface area contributed by atoms with E-state index in [0.29, 0.717) is 0 Å². The minimum atomic E-state index is 0.818. The zero-order valence-electron chi connectivity index (χ0n) is 6.21. The Morgan fingerprint density at radius 2 is 2.40 bits per heavy atom. The molecule has 0 aromatic heterocycles. The van der Waals surface area contributed by atoms with E-state index in [1.807, 2.05) is 6.21 Å². The zero-order chi connectivity index (χ0) is 6.81. The third kappa shape index (κ3) is 1.00. The van der Waals surface area contributed by atoms with Crippen LogP contribution in [0, 0.1) is 5.92 Å². The Kier molecular flexibility index (Phi) is 1.58. The molecule has 1 aliphatic heterocycles. The fraction of sp³-hybridized carbons (Fsp3) is 0.667. The Balaban J connectivity index is 2.14. The average molecular weight is 135 g/mol. The maximum absolute atomic E-state index is 4.26. The zero-order valence-corrected chi connectivity index (χ0v) is 6.21. The number of hydrogen-bond donors (Lipinski definition) is 0. The molecule has 0 spiro atoms. The van der Waals surface area contributed by atoms with Crippen LogP contribution >= 0.6 is 0 Å². The molecule has 1 heteroatoms. The molecule has 0 saturated heterocycles. The Labute approximate surface area is 61.9 Å². The smallest absolute Gasteiger partial charge is 0.0454 e. The molecule has 0 bridgehead atoms. The summed E-state index contributed by atoms with van der Waals surface area (Å²) in [5, 5.41) is 0. The molecule has 1 heterocycles. The van der Waals surface area contributed by atoms with E-state index in [9.17, 15) is 0 Å². The standard InChI is InChI=1S/C9H13N/c1-2-4-9-7-10-6-5-8(9)3-1/h5-6,9H,1-4,7H2. The molecule has 1 atom stereocenters. The summed E-state index contributed by atoms with van der Waals surface area (Å²) in [5.41, 5.74) is 1.65. The molecule has 2 aliphatic rings. The number of rotatable bonds is 0. The Morgan fingerprint density at radius 1 is 1.40 bits per heavy atom. The van der Waals surface area contributed by atoms with Gasteiger partial charge in [-0.1, -0.05) is 12.0 Å². The summed E-state index contributed by atoms with van der Waals surface area (Å²) in [6, 6.07) is 0. The predicted octanol–water partition coefficient (Wildman–Crippen LogP) is 2.19. The minimum Gasteiger partial charge on any atom is -0.293 e. The molecule has 54 valence electrons. The van der Waals surface area contributed by atoms with Crippen molar-refractivity contribution in [1.29, 1.82) is 0 Å². The molecule has 1 unspecified atom stereocenters. The van der Waals surface area contributed by atoms with E-state index in [1.54, 1.807) is 5.57 Å². The van der Waals surface area contributed by atoms with Crippen molar-refractivity contribution in [3.63, 3.8) is 0 Å². The second kappa shape index (κ2) is 2.57. The van der Waals surface area contributed by atoms with Crippen molar-refractivity contribution < 1.29 is 0 Å². The van der Waals surface area contributed by atoms with Gasteiger partial charge in [0.25, 0.3) is 0 Å². The van der Waals surface area contributed by atoms with E-state index in [0.717, 1.165) is 12.5 Å². The van der Waals surface area contributed by atoms with E-state index in [2.05, 4.69) is 11.1 Å². The molecule has 0 N–H and O–H groups in total. The molecule has 1 nitrogen and oxygen atoms in total. The molecule has 0 radical (unpaired) electrons. The van der Waals surface area contributed by atoms with Gasteiger partial charge in [-0.25, -0.2) is 0 Å². The van der Waals surface area contributed by atoms with E-state index >= 15 is 0 Å². The van der Waals surface area contributed by atoms with Gasteiger partial charge in [-0.15, -0.1) is 0 Å².